The van der Waals surface area contributed by atoms with E-state index < -0.39 is 0 Å². The molecule has 1 atom stereocenters. The van der Waals surface area contributed by atoms with Crippen molar-refractivity contribution in [2.45, 2.75) is 12.5 Å². The molecule has 3 heteroatoms. The number of carbonyl (C=O) groups excluding carboxylic acids is 1. The molecule has 70 valence electrons. The van der Waals surface area contributed by atoms with Gasteiger partial charge in [0.15, 0.2) is 5.78 Å². The van der Waals surface area contributed by atoms with Crippen molar-refractivity contribution in [1.29, 1.82) is 5.26 Å². The van der Waals surface area contributed by atoms with Gasteiger partial charge in [0.25, 0.3) is 0 Å². The number of epoxide rings is 1. The maximum absolute atomic E-state index is 11.5. The Kier molecular flexibility index (Phi) is 2.30. The summed E-state index contributed by atoms with van der Waals surface area (Å²) in [5.41, 5.74) is 1.53. The van der Waals surface area contributed by atoms with E-state index in [1.54, 1.807) is 12.1 Å². The molecule has 0 amide bonds. The largest absolute Gasteiger partial charge is 0.368 e. The first-order chi connectivity index (χ1) is 6.83. The molecule has 1 aromatic carbocycles. The van der Waals surface area contributed by atoms with Gasteiger partial charge in [0.2, 0.25) is 0 Å². The molecule has 2 rings (SSSR count). The Bertz CT molecular complexity index is 402. The van der Waals surface area contributed by atoms with E-state index in [9.17, 15) is 4.79 Å². The summed E-state index contributed by atoms with van der Waals surface area (Å²) in [6.07, 6.45) is -0.00200. The summed E-state index contributed by atoms with van der Waals surface area (Å²) in [6, 6.07) is 9.16. The molecule has 1 fully saturated rings. The van der Waals surface area contributed by atoms with Crippen LogP contribution in [0.3, 0.4) is 0 Å². The molecular weight excluding hydrogens is 178 g/mol. The van der Waals surface area contributed by atoms with Gasteiger partial charge in [-0.3, -0.25) is 4.79 Å². The first kappa shape index (κ1) is 8.92. The van der Waals surface area contributed by atoms with E-state index in [-0.39, 0.29) is 18.3 Å². The highest BCUT2D eigenvalue weighted by molar-refractivity contribution is 5.98. The van der Waals surface area contributed by atoms with Crippen LogP contribution in [0.2, 0.25) is 0 Å². The molecule has 1 aliphatic heterocycles. The Balaban J connectivity index is 2.32. The van der Waals surface area contributed by atoms with Crippen LogP contribution < -0.4 is 0 Å². The lowest BCUT2D eigenvalue weighted by Gasteiger charge is -2.02. The third kappa shape index (κ3) is 1.66. The van der Waals surface area contributed by atoms with Crippen molar-refractivity contribution in [3.63, 3.8) is 0 Å². The summed E-state index contributed by atoms with van der Waals surface area (Å²) in [6.45, 7) is 0.677. The third-order valence-electron chi connectivity index (χ3n) is 2.18. The molecule has 1 aliphatic rings. The van der Waals surface area contributed by atoms with Crippen molar-refractivity contribution >= 4 is 5.78 Å². The van der Waals surface area contributed by atoms with E-state index in [1.165, 1.54) is 0 Å². The summed E-state index contributed by atoms with van der Waals surface area (Å²) < 4.78 is 5.13. The second-order valence-corrected chi connectivity index (χ2v) is 3.17. The molecule has 1 unspecified atom stereocenters. The summed E-state index contributed by atoms with van der Waals surface area (Å²) >= 11 is 0. The van der Waals surface area contributed by atoms with Gasteiger partial charge < -0.3 is 4.74 Å². The van der Waals surface area contributed by atoms with Crippen molar-refractivity contribution in [3.8, 4) is 6.07 Å². The van der Waals surface area contributed by atoms with Crippen LogP contribution in [0.25, 0.3) is 0 Å². The van der Waals surface area contributed by atoms with Gasteiger partial charge in [0.05, 0.1) is 19.1 Å². The van der Waals surface area contributed by atoms with Gasteiger partial charge >= 0.3 is 0 Å². The minimum atomic E-state index is -0.126. The lowest BCUT2D eigenvalue weighted by atomic mass is 10.00. The van der Waals surface area contributed by atoms with Crippen LogP contribution in [0.4, 0.5) is 0 Å². The van der Waals surface area contributed by atoms with Crippen LogP contribution in [0, 0.1) is 11.3 Å². The number of hydrogen-bond donors (Lipinski definition) is 0. The highest BCUT2D eigenvalue weighted by Gasteiger charge is 2.28. The van der Waals surface area contributed by atoms with Gasteiger partial charge in [0, 0.05) is 5.56 Å². The van der Waals surface area contributed by atoms with Crippen LogP contribution in [-0.4, -0.2) is 12.4 Å². The Morgan fingerprint density at radius 3 is 2.93 bits per heavy atom. The molecule has 0 N–H and O–H groups in total. The van der Waals surface area contributed by atoms with E-state index in [0.29, 0.717) is 12.2 Å². The zero-order valence-electron chi connectivity index (χ0n) is 7.56. The molecule has 1 saturated heterocycles. The smallest absolute Gasteiger partial charge is 0.177 e. The van der Waals surface area contributed by atoms with Gasteiger partial charge in [-0.25, -0.2) is 0 Å². The number of hydrogen-bond acceptors (Lipinski definition) is 3. The summed E-state index contributed by atoms with van der Waals surface area (Å²) in [7, 11) is 0. The Hall–Kier alpha value is -1.66. The van der Waals surface area contributed by atoms with Gasteiger partial charge in [-0.1, -0.05) is 24.3 Å². The Morgan fingerprint density at radius 1 is 1.57 bits per heavy atom. The number of benzene rings is 1. The standard InChI is InChI=1S/C11H9NO2/c12-6-5-10(13)8-3-1-2-4-9(8)11-7-14-11/h1-4,11H,5,7H2. The second kappa shape index (κ2) is 3.60. The number of Topliss-reactive ketones (excluding diaryl/α,β-unsaturated/α-hetero) is 1. The van der Waals surface area contributed by atoms with Gasteiger partial charge in [-0.05, 0) is 5.56 Å². The third-order valence-corrected chi connectivity index (χ3v) is 2.18. The first-order valence-electron chi connectivity index (χ1n) is 4.43. The van der Waals surface area contributed by atoms with Crippen LogP contribution in [0.5, 0.6) is 0 Å². The molecule has 0 radical (unpaired) electrons. The zero-order chi connectivity index (χ0) is 9.97. The first-order valence-corrected chi connectivity index (χ1v) is 4.43. The normalized spacial score (nSPS) is 18.6. The van der Waals surface area contributed by atoms with Crippen LogP contribution in [-0.2, 0) is 4.74 Å². The fourth-order valence-electron chi connectivity index (χ4n) is 1.43. The summed E-state index contributed by atoms with van der Waals surface area (Å²) in [5.74, 6) is -0.126. The van der Waals surface area contributed by atoms with E-state index in [1.807, 2.05) is 18.2 Å². The molecule has 0 aliphatic carbocycles. The predicted molar refractivity (Wildman–Crippen MR) is 49.7 cm³/mol. The average molecular weight is 187 g/mol. The molecule has 3 nitrogen and oxygen atoms in total. The molecule has 1 heterocycles. The monoisotopic (exact) mass is 187 g/mol. The summed E-state index contributed by atoms with van der Waals surface area (Å²) in [5, 5.41) is 8.44. The minimum Gasteiger partial charge on any atom is -0.368 e. The number of ketones is 1. The lowest BCUT2D eigenvalue weighted by molar-refractivity contribution is 0.0996. The number of rotatable bonds is 3. The highest BCUT2D eigenvalue weighted by atomic mass is 16.6. The van der Waals surface area contributed by atoms with E-state index >= 15 is 0 Å². The fraction of sp³-hybridized carbons (Fsp3) is 0.273. The van der Waals surface area contributed by atoms with Gasteiger partial charge in [-0.15, -0.1) is 0 Å². The zero-order valence-corrected chi connectivity index (χ0v) is 7.56. The predicted octanol–water partition coefficient (Wildman–Crippen LogP) is 1.85. The number of nitriles is 1. The summed E-state index contributed by atoms with van der Waals surface area (Å²) in [4.78, 5) is 11.5. The van der Waals surface area contributed by atoms with Gasteiger partial charge in [0.1, 0.15) is 6.10 Å². The number of carbonyl (C=O) groups is 1. The maximum Gasteiger partial charge on any atom is 0.177 e. The van der Waals surface area contributed by atoms with Crippen molar-refractivity contribution in [2.24, 2.45) is 0 Å². The molecule has 0 bridgehead atoms. The quantitative estimate of drug-likeness (QED) is 0.536. The highest BCUT2D eigenvalue weighted by Crippen LogP contribution is 2.32. The van der Waals surface area contributed by atoms with E-state index in [2.05, 4.69) is 0 Å². The molecule has 1 aromatic rings. The SMILES string of the molecule is N#CCC(=O)c1ccccc1C1CO1. The maximum atomic E-state index is 11.5. The fourth-order valence-corrected chi connectivity index (χ4v) is 1.43. The van der Waals surface area contributed by atoms with Crippen molar-refractivity contribution in [1.82, 2.24) is 0 Å². The van der Waals surface area contributed by atoms with Crippen LogP contribution in [0.15, 0.2) is 24.3 Å². The molecular formula is C11H9NO2. The minimum absolute atomic E-state index is 0.0637. The van der Waals surface area contributed by atoms with Crippen LogP contribution in [0.1, 0.15) is 28.4 Å². The molecule has 0 aromatic heterocycles. The number of ether oxygens (including phenoxy) is 1. The Morgan fingerprint density at radius 2 is 2.29 bits per heavy atom. The molecule has 0 spiro atoms. The van der Waals surface area contributed by atoms with E-state index in [4.69, 9.17) is 10.00 Å². The topological polar surface area (TPSA) is 53.4 Å². The van der Waals surface area contributed by atoms with Crippen molar-refractivity contribution in [3.05, 3.63) is 35.4 Å². The van der Waals surface area contributed by atoms with Gasteiger partial charge in [-0.2, -0.15) is 5.26 Å². The number of nitrogens with zero attached hydrogens (tertiary/aromatic N) is 1. The average Bonchev–Trinajstić information content (AvgIpc) is 3.01. The van der Waals surface area contributed by atoms with Crippen molar-refractivity contribution < 1.29 is 9.53 Å². The molecule has 14 heavy (non-hydrogen) atoms. The van der Waals surface area contributed by atoms with E-state index in [0.717, 1.165) is 5.56 Å². The second-order valence-electron chi connectivity index (χ2n) is 3.17. The van der Waals surface area contributed by atoms with Crippen LogP contribution >= 0.6 is 0 Å². The lowest BCUT2D eigenvalue weighted by Crippen LogP contribution is -2.01. The Labute approximate surface area is 81.9 Å². The van der Waals surface area contributed by atoms with Crippen molar-refractivity contribution in [2.75, 3.05) is 6.61 Å². The molecule has 0 saturated carbocycles.